The summed E-state index contributed by atoms with van der Waals surface area (Å²) in [5, 5.41) is 3.36. The van der Waals surface area contributed by atoms with Gasteiger partial charge in [-0.3, -0.25) is 0 Å². The summed E-state index contributed by atoms with van der Waals surface area (Å²) in [5.74, 6) is -0.168. The molecule has 2 rings (SSSR count). The van der Waals surface area contributed by atoms with Crippen LogP contribution in [0.25, 0.3) is 0 Å². The van der Waals surface area contributed by atoms with E-state index in [2.05, 4.69) is 86.1 Å². The summed E-state index contributed by atoms with van der Waals surface area (Å²) in [5.41, 5.74) is 0.417. The molecule has 0 radical (unpaired) electrons. The minimum atomic E-state index is -0.284. The number of hydrogen-bond acceptors (Lipinski definition) is 3. The SMILES string of the molecule is CCCCC1(OC(=O)c2cc(I)cc(I)c2I)CCNCC1. The van der Waals surface area contributed by atoms with Crippen LogP contribution in [0.15, 0.2) is 12.1 Å². The third kappa shape index (κ3) is 4.92. The lowest BCUT2D eigenvalue weighted by Crippen LogP contribution is -2.45. The number of ether oxygens (including phenoxy) is 1. The zero-order chi connectivity index (χ0) is 16.2. The van der Waals surface area contributed by atoms with Crippen molar-refractivity contribution in [2.45, 2.75) is 44.6 Å². The molecular weight excluding hydrogens is 619 g/mol. The fraction of sp³-hybridized carbons (Fsp3) is 0.562. The van der Waals surface area contributed by atoms with Crippen LogP contribution in [0.2, 0.25) is 0 Å². The average Bonchev–Trinajstić information content (AvgIpc) is 2.49. The summed E-state index contributed by atoms with van der Waals surface area (Å²) in [6.07, 6.45) is 5.03. The minimum absolute atomic E-state index is 0.168. The van der Waals surface area contributed by atoms with Gasteiger partial charge in [0.25, 0.3) is 0 Å². The molecule has 1 aromatic carbocycles. The van der Waals surface area contributed by atoms with Crippen LogP contribution in [0, 0.1) is 10.7 Å². The first-order valence-electron chi connectivity index (χ1n) is 7.56. The molecule has 1 aliphatic heterocycles. The van der Waals surface area contributed by atoms with E-state index < -0.39 is 0 Å². The Morgan fingerprint density at radius 3 is 2.59 bits per heavy atom. The lowest BCUT2D eigenvalue weighted by Gasteiger charge is -2.37. The highest BCUT2D eigenvalue weighted by atomic mass is 127. The van der Waals surface area contributed by atoms with Gasteiger partial charge >= 0.3 is 5.97 Å². The summed E-state index contributed by atoms with van der Waals surface area (Å²) < 4.78 is 9.23. The summed E-state index contributed by atoms with van der Waals surface area (Å²) >= 11 is 6.77. The van der Waals surface area contributed by atoms with Gasteiger partial charge < -0.3 is 10.1 Å². The van der Waals surface area contributed by atoms with E-state index >= 15 is 0 Å². The average molecular weight is 639 g/mol. The van der Waals surface area contributed by atoms with Gasteiger partial charge in [0.1, 0.15) is 5.60 Å². The molecule has 122 valence electrons. The minimum Gasteiger partial charge on any atom is -0.455 e. The van der Waals surface area contributed by atoms with Crippen molar-refractivity contribution in [1.82, 2.24) is 5.32 Å². The van der Waals surface area contributed by atoms with E-state index in [1.54, 1.807) is 0 Å². The lowest BCUT2D eigenvalue weighted by molar-refractivity contribution is -0.0397. The molecule has 0 saturated carbocycles. The van der Waals surface area contributed by atoms with E-state index in [0.29, 0.717) is 5.56 Å². The van der Waals surface area contributed by atoms with Crippen molar-refractivity contribution in [2.75, 3.05) is 13.1 Å². The van der Waals surface area contributed by atoms with Crippen molar-refractivity contribution in [1.29, 1.82) is 0 Å². The zero-order valence-electron chi connectivity index (χ0n) is 12.6. The summed E-state index contributed by atoms with van der Waals surface area (Å²) in [6.45, 7) is 4.04. The molecule has 1 heterocycles. The number of carbonyl (C=O) groups excluding carboxylic acids is 1. The number of hydrogen-bond donors (Lipinski definition) is 1. The maximum Gasteiger partial charge on any atom is 0.339 e. The fourth-order valence-electron chi connectivity index (χ4n) is 2.74. The van der Waals surface area contributed by atoms with E-state index in [1.807, 2.05) is 6.07 Å². The maximum absolute atomic E-state index is 12.8. The third-order valence-corrected chi connectivity index (χ3v) is 7.69. The van der Waals surface area contributed by atoms with E-state index in [1.165, 1.54) is 0 Å². The molecule has 1 N–H and O–H groups in total. The zero-order valence-corrected chi connectivity index (χ0v) is 19.0. The number of nitrogens with one attached hydrogen (secondary N) is 1. The lowest BCUT2D eigenvalue weighted by atomic mass is 9.87. The summed E-state index contributed by atoms with van der Waals surface area (Å²) in [6, 6.07) is 4.01. The molecule has 0 amide bonds. The van der Waals surface area contributed by atoms with Crippen molar-refractivity contribution in [2.24, 2.45) is 0 Å². The van der Waals surface area contributed by atoms with E-state index in [0.717, 1.165) is 55.9 Å². The van der Waals surface area contributed by atoms with Crippen LogP contribution in [0.5, 0.6) is 0 Å². The molecule has 3 nitrogen and oxygen atoms in total. The molecule has 0 aromatic heterocycles. The van der Waals surface area contributed by atoms with E-state index in [9.17, 15) is 4.79 Å². The van der Waals surface area contributed by atoms with Gasteiger partial charge in [-0.15, -0.1) is 0 Å². The number of piperidine rings is 1. The molecule has 1 aliphatic rings. The van der Waals surface area contributed by atoms with Gasteiger partial charge in [0.05, 0.1) is 5.56 Å². The Hall–Kier alpha value is 0.840. The van der Waals surface area contributed by atoms with Crippen LogP contribution < -0.4 is 5.32 Å². The van der Waals surface area contributed by atoms with Gasteiger partial charge in [-0.05, 0) is 119 Å². The molecule has 6 heteroatoms. The second kappa shape index (κ2) is 8.80. The summed E-state index contributed by atoms with van der Waals surface area (Å²) in [7, 11) is 0. The topological polar surface area (TPSA) is 38.3 Å². The first kappa shape index (κ1) is 19.2. The third-order valence-electron chi connectivity index (χ3n) is 4.02. The standard InChI is InChI=1S/C16H20I3NO2/c1-2-3-4-16(5-7-20-8-6-16)22-15(21)12-9-11(17)10-13(18)14(12)19/h9-10,20H,2-8H2,1H3. The normalized spacial score (nSPS) is 17.3. The largest absolute Gasteiger partial charge is 0.455 e. The Morgan fingerprint density at radius 2 is 1.95 bits per heavy atom. The number of benzene rings is 1. The molecule has 1 saturated heterocycles. The first-order chi connectivity index (χ1) is 10.5. The number of unbranched alkanes of at least 4 members (excludes halogenated alkanes) is 1. The predicted molar refractivity (Wildman–Crippen MR) is 114 cm³/mol. The van der Waals surface area contributed by atoms with Crippen molar-refractivity contribution in [3.63, 3.8) is 0 Å². The summed E-state index contributed by atoms with van der Waals surface area (Å²) in [4.78, 5) is 12.8. The maximum atomic E-state index is 12.8. The number of halogens is 3. The second-order valence-corrected chi connectivity index (χ2v) is 9.16. The van der Waals surface area contributed by atoms with Crippen LogP contribution in [-0.4, -0.2) is 24.7 Å². The number of rotatable bonds is 5. The Bertz CT molecular complexity index is 542. The first-order valence-corrected chi connectivity index (χ1v) is 10.8. The predicted octanol–water partition coefficient (Wildman–Crippen LogP) is 4.97. The van der Waals surface area contributed by atoms with Crippen molar-refractivity contribution >= 4 is 73.7 Å². The van der Waals surface area contributed by atoms with Crippen LogP contribution in [0.4, 0.5) is 0 Å². The van der Waals surface area contributed by atoms with Crippen molar-refractivity contribution < 1.29 is 9.53 Å². The van der Waals surface area contributed by atoms with Gasteiger partial charge in [-0.1, -0.05) is 13.3 Å². The molecular formula is C16H20I3NO2. The van der Waals surface area contributed by atoms with E-state index in [4.69, 9.17) is 4.74 Å². The highest BCUT2D eigenvalue weighted by molar-refractivity contribution is 14.1. The van der Waals surface area contributed by atoms with Crippen LogP contribution in [-0.2, 0) is 4.74 Å². The van der Waals surface area contributed by atoms with Gasteiger partial charge in [0.2, 0.25) is 0 Å². The molecule has 1 aromatic rings. The smallest absolute Gasteiger partial charge is 0.339 e. The van der Waals surface area contributed by atoms with Crippen LogP contribution in [0.3, 0.4) is 0 Å². The molecule has 22 heavy (non-hydrogen) atoms. The molecule has 0 unspecified atom stereocenters. The molecule has 0 atom stereocenters. The van der Waals surface area contributed by atoms with E-state index in [-0.39, 0.29) is 11.6 Å². The quantitative estimate of drug-likeness (QED) is 0.281. The number of esters is 1. The van der Waals surface area contributed by atoms with Gasteiger partial charge in [-0.2, -0.15) is 0 Å². The van der Waals surface area contributed by atoms with Crippen LogP contribution >= 0.6 is 67.8 Å². The Labute approximate surface area is 173 Å². The molecule has 0 bridgehead atoms. The molecule has 1 fully saturated rings. The Balaban J connectivity index is 2.21. The van der Waals surface area contributed by atoms with Crippen molar-refractivity contribution in [3.05, 3.63) is 28.4 Å². The van der Waals surface area contributed by atoms with Gasteiger partial charge in [-0.25, -0.2) is 4.79 Å². The Morgan fingerprint density at radius 1 is 1.27 bits per heavy atom. The molecule has 0 spiro atoms. The highest BCUT2D eigenvalue weighted by Crippen LogP contribution is 2.32. The number of carbonyl (C=O) groups is 1. The monoisotopic (exact) mass is 639 g/mol. The van der Waals surface area contributed by atoms with Gasteiger partial charge in [0.15, 0.2) is 0 Å². The molecule has 0 aliphatic carbocycles. The fourth-order valence-corrected chi connectivity index (χ4v) is 5.12. The Kier molecular flexibility index (Phi) is 7.66. The second-order valence-electron chi connectivity index (χ2n) is 5.68. The van der Waals surface area contributed by atoms with Crippen molar-refractivity contribution in [3.8, 4) is 0 Å². The van der Waals surface area contributed by atoms with Crippen LogP contribution in [0.1, 0.15) is 49.4 Å². The van der Waals surface area contributed by atoms with Gasteiger partial charge in [0, 0.05) is 10.7 Å². The highest BCUT2D eigenvalue weighted by Gasteiger charge is 2.36.